The molecule has 1 saturated carbocycles. The lowest BCUT2D eigenvalue weighted by Crippen LogP contribution is -2.52. The molecule has 0 spiro atoms. The highest BCUT2D eigenvalue weighted by Gasteiger charge is 2.35. The Kier molecular flexibility index (Phi) is 4.84. The van der Waals surface area contributed by atoms with Gasteiger partial charge in [0.15, 0.2) is 0 Å². The molecule has 2 rings (SSSR count). The van der Waals surface area contributed by atoms with Crippen molar-refractivity contribution in [2.75, 3.05) is 14.1 Å². The Bertz CT molecular complexity index is 422. The molecule has 3 heteroatoms. The smallest absolute Gasteiger partial charge is 0.0640 e. The molecule has 1 aromatic carbocycles. The Morgan fingerprint density at radius 3 is 2.25 bits per heavy atom. The lowest BCUT2D eigenvalue weighted by atomic mass is 9.78. The Morgan fingerprint density at radius 2 is 1.90 bits per heavy atom. The first-order valence-corrected chi connectivity index (χ1v) is 7.76. The van der Waals surface area contributed by atoms with Crippen molar-refractivity contribution in [1.82, 2.24) is 10.3 Å². The van der Waals surface area contributed by atoms with Crippen molar-refractivity contribution < 1.29 is 0 Å². The highest BCUT2D eigenvalue weighted by molar-refractivity contribution is 5.30. The van der Waals surface area contributed by atoms with Gasteiger partial charge < -0.3 is 4.90 Å². The molecule has 3 nitrogen and oxygen atoms in total. The van der Waals surface area contributed by atoms with Crippen LogP contribution in [0.5, 0.6) is 0 Å². The number of nitrogens with zero attached hydrogens (tertiary/aromatic N) is 1. The van der Waals surface area contributed by atoms with Crippen molar-refractivity contribution in [2.24, 2.45) is 5.84 Å². The van der Waals surface area contributed by atoms with Gasteiger partial charge in [-0.25, -0.2) is 0 Å². The molecule has 2 atom stereocenters. The van der Waals surface area contributed by atoms with Gasteiger partial charge in [0.25, 0.3) is 0 Å². The van der Waals surface area contributed by atoms with E-state index < -0.39 is 0 Å². The highest BCUT2D eigenvalue weighted by Crippen LogP contribution is 2.38. The van der Waals surface area contributed by atoms with E-state index in [0.717, 1.165) is 12.3 Å². The van der Waals surface area contributed by atoms with Gasteiger partial charge in [-0.2, -0.15) is 0 Å². The summed E-state index contributed by atoms with van der Waals surface area (Å²) >= 11 is 0. The Balaban J connectivity index is 2.22. The third-order valence-corrected chi connectivity index (χ3v) is 5.37. The Labute approximate surface area is 123 Å². The average molecular weight is 275 g/mol. The third-order valence-electron chi connectivity index (χ3n) is 5.37. The van der Waals surface area contributed by atoms with Crippen LogP contribution in [0.25, 0.3) is 0 Å². The molecule has 1 aromatic rings. The number of hydrogen-bond acceptors (Lipinski definition) is 3. The maximum absolute atomic E-state index is 5.86. The van der Waals surface area contributed by atoms with Gasteiger partial charge in [0, 0.05) is 5.54 Å². The predicted octanol–water partition coefficient (Wildman–Crippen LogP) is 3.19. The van der Waals surface area contributed by atoms with Crippen molar-refractivity contribution in [3.63, 3.8) is 0 Å². The summed E-state index contributed by atoms with van der Waals surface area (Å²) in [6.07, 6.45) is 5.12. The number of nitrogens with one attached hydrogen (secondary N) is 1. The number of likely N-dealkylation sites (N-methyl/N-ethyl adjacent to an activating group) is 1. The largest absolute Gasteiger partial charge is 0.302 e. The number of hydrazine groups is 1. The van der Waals surface area contributed by atoms with Crippen LogP contribution in [0, 0.1) is 0 Å². The molecule has 0 aromatic heterocycles. The number of hydrogen-bond donors (Lipinski definition) is 2. The molecular weight excluding hydrogens is 246 g/mol. The lowest BCUT2D eigenvalue weighted by molar-refractivity contribution is 0.113. The van der Waals surface area contributed by atoms with E-state index in [-0.39, 0.29) is 11.6 Å². The van der Waals surface area contributed by atoms with Crippen molar-refractivity contribution in [1.29, 1.82) is 0 Å². The van der Waals surface area contributed by atoms with Crippen molar-refractivity contribution in [3.05, 3.63) is 35.4 Å². The van der Waals surface area contributed by atoms with Gasteiger partial charge in [-0.05, 0) is 57.3 Å². The second-order valence-corrected chi connectivity index (χ2v) is 6.50. The van der Waals surface area contributed by atoms with Gasteiger partial charge in [0.2, 0.25) is 0 Å². The van der Waals surface area contributed by atoms with Gasteiger partial charge in [-0.15, -0.1) is 0 Å². The molecule has 0 heterocycles. The van der Waals surface area contributed by atoms with Crippen LogP contribution < -0.4 is 11.3 Å². The zero-order valence-electron chi connectivity index (χ0n) is 13.3. The summed E-state index contributed by atoms with van der Waals surface area (Å²) in [5.41, 5.74) is 5.79. The van der Waals surface area contributed by atoms with Gasteiger partial charge in [-0.3, -0.25) is 11.3 Å². The van der Waals surface area contributed by atoms with Gasteiger partial charge in [0.05, 0.1) is 6.04 Å². The summed E-state index contributed by atoms with van der Waals surface area (Å²) in [6.45, 7) is 4.48. The summed E-state index contributed by atoms with van der Waals surface area (Å²) in [5.74, 6) is 6.65. The maximum Gasteiger partial charge on any atom is 0.0640 e. The molecule has 112 valence electrons. The van der Waals surface area contributed by atoms with Crippen LogP contribution in [0.4, 0.5) is 0 Å². The highest BCUT2D eigenvalue weighted by atomic mass is 15.3. The second-order valence-electron chi connectivity index (χ2n) is 6.50. The van der Waals surface area contributed by atoms with Gasteiger partial charge >= 0.3 is 0 Å². The first-order valence-electron chi connectivity index (χ1n) is 7.76. The minimum atomic E-state index is 0.00668. The minimum Gasteiger partial charge on any atom is -0.302 e. The quantitative estimate of drug-likeness (QED) is 0.619. The molecule has 1 fully saturated rings. The molecule has 0 radical (unpaired) electrons. The molecule has 0 saturated heterocycles. The van der Waals surface area contributed by atoms with Crippen LogP contribution in [0.2, 0.25) is 0 Å². The van der Waals surface area contributed by atoms with Gasteiger partial charge in [0.1, 0.15) is 0 Å². The summed E-state index contributed by atoms with van der Waals surface area (Å²) in [4.78, 5) is 2.26. The zero-order valence-corrected chi connectivity index (χ0v) is 13.3. The summed E-state index contributed by atoms with van der Waals surface area (Å²) < 4.78 is 0. The molecule has 1 aliphatic rings. The monoisotopic (exact) mass is 275 g/mol. The van der Waals surface area contributed by atoms with Crippen LogP contribution in [0.15, 0.2) is 24.3 Å². The summed E-state index contributed by atoms with van der Waals surface area (Å²) in [5, 5.41) is 0. The van der Waals surface area contributed by atoms with Crippen molar-refractivity contribution in [3.8, 4) is 0 Å². The molecular formula is C17H29N3. The van der Waals surface area contributed by atoms with E-state index >= 15 is 0 Å². The summed E-state index contributed by atoms with van der Waals surface area (Å²) in [6, 6.07) is 9.20. The van der Waals surface area contributed by atoms with Crippen LogP contribution in [0.1, 0.15) is 62.6 Å². The normalized spacial score (nSPS) is 20.5. The molecule has 0 bridgehead atoms. The average Bonchev–Trinajstić information content (AvgIpc) is 2.39. The number of benzene rings is 1. The van der Waals surface area contributed by atoms with E-state index in [2.05, 4.69) is 62.5 Å². The van der Waals surface area contributed by atoms with Gasteiger partial charge in [-0.1, -0.05) is 37.6 Å². The van der Waals surface area contributed by atoms with E-state index in [1.165, 1.54) is 30.4 Å². The molecule has 0 aliphatic heterocycles. The van der Waals surface area contributed by atoms with Crippen molar-refractivity contribution >= 4 is 0 Å². The first kappa shape index (κ1) is 15.5. The lowest BCUT2D eigenvalue weighted by Gasteiger charge is -2.42. The molecule has 1 aliphatic carbocycles. The van der Waals surface area contributed by atoms with Crippen LogP contribution >= 0.6 is 0 Å². The Hall–Kier alpha value is -0.900. The van der Waals surface area contributed by atoms with Crippen LogP contribution in [0.3, 0.4) is 0 Å². The first-order chi connectivity index (χ1) is 9.52. The molecule has 3 N–H and O–H groups in total. The fraction of sp³-hybridized carbons (Fsp3) is 0.647. The van der Waals surface area contributed by atoms with E-state index in [4.69, 9.17) is 5.84 Å². The minimum absolute atomic E-state index is 0.00668. The predicted molar refractivity (Wildman–Crippen MR) is 85.5 cm³/mol. The van der Waals surface area contributed by atoms with E-state index in [9.17, 15) is 0 Å². The van der Waals surface area contributed by atoms with E-state index in [1.54, 1.807) is 0 Å². The third kappa shape index (κ3) is 2.76. The maximum atomic E-state index is 5.86. The molecule has 0 amide bonds. The topological polar surface area (TPSA) is 41.3 Å². The van der Waals surface area contributed by atoms with E-state index in [1.807, 2.05) is 0 Å². The molecule has 2 unspecified atom stereocenters. The second kappa shape index (κ2) is 6.25. The van der Waals surface area contributed by atoms with E-state index in [0.29, 0.717) is 0 Å². The summed E-state index contributed by atoms with van der Waals surface area (Å²) in [7, 11) is 4.24. The zero-order chi connectivity index (χ0) is 14.8. The van der Waals surface area contributed by atoms with Crippen LogP contribution in [-0.4, -0.2) is 24.5 Å². The van der Waals surface area contributed by atoms with Crippen molar-refractivity contribution in [2.45, 2.75) is 57.0 Å². The SMILES string of the molecule is CCC(C)(C(NN)c1ccc(C2CCC2)cc1)N(C)C. The van der Waals surface area contributed by atoms with Crippen LogP contribution in [-0.2, 0) is 0 Å². The standard InChI is InChI=1S/C17H29N3/c1-5-17(2,20(3)4)16(19-18)15-11-9-14(10-12-15)13-7-6-8-13/h9-13,16,19H,5-8,18H2,1-4H3. The number of rotatable bonds is 6. The molecule has 20 heavy (non-hydrogen) atoms. The fourth-order valence-electron chi connectivity index (χ4n) is 3.12. The number of nitrogens with two attached hydrogens (primary N) is 1. The fourth-order valence-corrected chi connectivity index (χ4v) is 3.12. The Morgan fingerprint density at radius 1 is 1.30 bits per heavy atom.